The Morgan fingerprint density at radius 3 is 2.89 bits per heavy atom. The SMILES string of the molecule is Nc1nc(N)c2nnn([C@@H]3C=C[C@H](CO)C3)c2n1. The fraction of sp³-hybridized carbons (Fsp3) is 0.400. The van der Waals surface area contributed by atoms with Gasteiger partial charge < -0.3 is 16.6 Å². The van der Waals surface area contributed by atoms with Crippen LogP contribution >= 0.6 is 0 Å². The number of nitrogens with two attached hydrogens (primary N) is 2. The van der Waals surface area contributed by atoms with E-state index >= 15 is 0 Å². The molecule has 5 N–H and O–H groups in total. The molecule has 2 heterocycles. The lowest BCUT2D eigenvalue weighted by Gasteiger charge is -2.10. The first-order valence-electron chi connectivity index (χ1n) is 5.62. The number of aliphatic hydroxyl groups is 1. The van der Waals surface area contributed by atoms with Gasteiger partial charge in [-0.05, 0) is 6.42 Å². The molecule has 0 aliphatic heterocycles. The molecular formula is C10H13N7O. The van der Waals surface area contributed by atoms with E-state index in [0.29, 0.717) is 11.2 Å². The van der Waals surface area contributed by atoms with Crippen LogP contribution in [0.3, 0.4) is 0 Å². The fourth-order valence-electron chi connectivity index (χ4n) is 2.16. The highest BCUT2D eigenvalue weighted by Crippen LogP contribution is 2.29. The minimum absolute atomic E-state index is 0.0147. The summed E-state index contributed by atoms with van der Waals surface area (Å²) in [5.74, 6) is 0.472. The van der Waals surface area contributed by atoms with Crippen LogP contribution in [0.5, 0.6) is 0 Å². The zero-order valence-corrected chi connectivity index (χ0v) is 9.56. The molecule has 94 valence electrons. The topological polar surface area (TPSA) is 129 Å². The Bertz CT molecular complexity index is 620. The first-order valence-corrected chi connectivity index (χ1v) is 5.62. The second-order valence-electron chi connectivity index (χ2n) is 4.30. The molecule has 0 bridgehead atoms. The number of rotatable bonds is 2. The van der Waals surface area contributed by atoms with Crippen LogP contribution in [0.2, 0.25) is 0 Å². The van der Waals surface area contributed by atoms with E-state index in [4.69, 9.17) is 16.6 Å². The van der Waals surface area contributed by atoms with E-state index in [2.05, 4.69) is 20.3 Å². The standard InChI is InChI=1S/C10H13N7O/c11-8-7-9(14-10(12)13-8)17(16-15-7)6-2-1-5(3-6)4-18/h1-2,5-6,18H,3-4H2,(H4,11,12,13,14)/t5-,6+/m0/s1. The van der Waals surface area contributed by atoms with Crippen molar-refractivity contribution >= 4 is 22.9 Å². The van der Waals surface area contributed by atoms with E-state index < -0.39 is 0 Å². The summed E-state index contributed by atoms with van der Waals surface area (Å²) in [5, 5.41) is 17.1. The third kappa shape index (κ3) is 1.58. The van der Waals surface area contributed by atoms with Gasteiger partial charge in [0.1, 0.15) is 0 Å². The van der Waals surface area contributed by atoms with Crippen LogP contribution in [0.15, 0.2) is 12.2 Å². The first kappa shape index (κ1) is 10.9. The predicted octanol–water partition coefficient (Wildman–Crippen LogP) is -0.505. The number of hydrogen-bond donors (Lipinski definition) is 3. The quantitative estimate of drug-likeness (QED) is 0.610. The first-order chi connectivity index (χ1) is 8.69. The van der Waals surface area contributed by atoms with Crippen LogP contribution in [0, 0.1) is 5.92 Å². The monoisotopic (exact) mass is 247 g/mol. The molecule has 1 aliphatic carbocycles. The maximum Gasteiger partial charge on any atom is 0.224 e. The Kier molecular flexibility index (Phi) is 2.37. The van der Waals surface area contributed by atoms with Crippen molar-refractivity contribution in [3.63, 3.8) is 0 Å². The van der Waals surface area contributed by atoms with Crippen LogP contribution in [-0.2, 0) is 0 Å². The highest BCUT2D eigenvalue weighted by molar-refractivity contribution is 5.81. The lowest BCUT2D eigenvalue weighted by molar-refractivity contribution is 0.243. The normalized spacial score (nSPS) is 22.9. The third-order valence-electron chi connectivity index (χ3n) is 3.07. The van der Waals surface area contributed by atoms with Gasteiger partial charge in [-0.2, -0.15) is 9.97 Å². The van der Waals surface area contributed by atoms with Gasteiger partial charge in [-0.3, -0.25) is 0 Å². The number of nitrogen functional groups attached to an aromatic ring is 2. The second-order valence-corrected chi connectivity index (χ2v) is 4.30. The van der Waals surface area contributed by atoms with Crippen LogP contribution < -0.4 is 11.5 Å². The number of aliphatic hydroxyl groups excluding tert-OH is 1. The zero-order chi connectivity index (χ0) is 12.7. The maximum atomic E-state index is 9.12. The molecule has 2 aromatic heterocycles. The van der Waals surface area contributed by atoms with E-state index in [1.165, 1.54) is 0 Å². The van der Waals surface area contributed by atoms with Crippen molar-refractivity contribution in [2.75, 3.05) is 18.1 Å². The number of allylic oxidation sites excluding steroid dienone is 1. The molecule has 0 radical (unpaired) electrons. The van der Waals surface area contributed by atoms with Crippen LogP contribution in [0.4, 0.5) is 11.8 Å². The molecule has 0 saturated carbocycles. The van der Waals surface area contributed by atoms with Crippen molar-refractivity contribution in [3.05, 3.63) is 12.2 Å². The van der Waals surface area contributed by atoms with E-state index in [1.54, 1.807) is 4.68 Å². The van der Waals surface area contributed by atoms with Crippen molar-refractivity contribution in [2.45, 2.75) is 12.5 Å². The van der Waals surface area contributed by atoms with Gasteiger partial charge in [-0.15, -0.1) is 5.10 Å². The molecule has 0 fully saturated rings. The molecule has 0 amide bonds. The Labute approximate surface area is 102 Å². The molecule has 2 atom stereocenters. The smallest absolute Gasteiger partial charge is 0.224 e. The molecule has 8 nitrogen and oxygen atoms in total. The fourth-order valence-corrected chi connectivity index (χ4v) is 2.16. The van der Waals surface area contributed by atoms with Gasteiger partial charge >= 0.3 is 0 Å². The largest absolute Gasteiger partial charge is 0.396 e. The Balaban J connectivity index is 2.06. The molecule has 2 aromatic rings. The number of nitrogens with zero attached hydrogens (tertiary/aromatic N) is 5. The van der Waals surface area contributed by atoms with Gasteiger partial charge in [0.05, 0.1) is 6.04 Å². The van der Waals surface area contributed by atoms with Crippen LogP contribution in [0.25, 0.3) is 11.2 Å². The lowest BCUT2D eigenvalue weighted by Crippen LogP contribution is -2.11. The number of hydrogen-bond acceptors (Lipinski definition) is 7. The molecular weight excluding hydrogens is 234 g/mol. The highest BCUT2D eigenvalue weighted by atomic mass is 16.3. The Hall–Kier alpha value is -2.22. The van der Waals surface area contributed by atoms with Gasteiger partial charge in [0.2, 0.25) is 5.95 Å². The second kappa shape index (κ2) is 3.91. The van der Waals surface area contributed by atoms with Gasteiger partial charge in [0.25, 0.3) is 0 Å². The van der Waals surface area contributed by atoms with E-state index in [1.807, 2.05) is 12.2 Å². The van der Waals surface area contributed by atoms with E-state index in [0.717, 1.165) is 6.42 Å². The Morgan fingerprint density at radius 2 is 2.17 bits per heavy atom. The number of fused-ring (bicyclic) bond motifs is 1. The number of anilines is 2. The summed E-state index contributed by atoms with van der Waals surface area (Å²) < 4.78 is 1.66. The summed E-state index contributed by atoms with van der Waals surface area (Å²) in [7, 11) is 0. The molecule has 0 saturated heterocycles. The maximum absolute atomic E-state index is 9.12. The van der Waals surface area contributed by atoms with Gasteiger partial charge in [0.15, 0.2) is 17.0 Å². The molecule has 8 heteroatoms. The van der Waals surface area contributed by atoms with Crippen LogP contribution in [0.1, 0.15) is 12.5 Å². The highest BCUT2D eigenvalue weighted by Gasteiger charge is 2.23. The summed E-state index contributed by atoms with van der Waals surface area (Å²) in [6, 6.07) is 0.0147. The van der Waals surface area contributed by atoms with Gasteiger partial charge in [0, 0.05) is 12.5 Å². The van der Waals surface area contributed by atoms with E-state index in [-0.39, 0.29) is 30.3 Å². The van der Waals surface area contributed by atoms with Crippen LogP contribution in [-0.4, -0.2) is 36.7 Å². The Morgan fingerprint density at radius 1 is 1.33 bits per heavy atom. The summed E-state index contributed by atoms with van der Waals surface area (Å²) in [6.07, 6.45) is 4.70. The minimum Gasteiger partial charge on any atom is -0.396 e. The molecule has 3 rings (SSSR count). The van der Waals surface area contributed by atoms with Crippen molar-refractivity contribution < 1.29 is 5.11 Å². The molecule has 0 unspecified atom stereocenters. The molecule has 1 aliphatic rings. The average molecular weight is 247 g/mol. The van der Waals surface area contributed by atoms with Gasteiger partial charge in [-0.1, -0.05) is 17.4 Å². The summed E-state index contributed by atoms with van der Waals surface area (Å²) >= 11 is 0. The van der Waals surface area contributed by atoms with Gasteiger partial charge in [-0.25, -0.2) is 4.68 Å². The molecule has 0 aromatic carbocycles. The van der Waals surface area contributed by atoms with Crippen molar-refractivity contribution in [1.29, 1.82) is 0 Å². The van der Waals surface area contributed by atoms with E-state index in [9.17, 15) is 0 Å². The van der Waals surface area contributed by atoms with Crippen molar-refractivity contribution in [3.8, 4) is 0 Å². The minimum atomic E-state index is 0.0147. The third-order valence-corrected chi connectivity index (χ3v) is 3.07. The zero-order valence-electron chi connectivity index (χ0n) is 9.56. The summed E-state index contributed by atoms with van der Waals surface area (Å²) in [5.41, 5.74) is 12.3. The lowest BCUT2D eigenvalue weighted by atomic mass is 10.1. The average Bonchev–Trinajstić information content (AvgIpc) is 2.93. The number of aromatic nitrogens is 5. The summed E-state index contributed by atoms with van der Waals surface area (Å²) in [6.45, 7) is 0.124. The molecule has 18 heavy (non-hydrogen) atoms. The van der Waals surface area contributed by atoms with Crippen molar-refractivity contribution in [1.82, 2.24) is 25.0 Å². The predicted molar refractivity (Wildman–Crippen MR) is 65.3 cm³/mol. The van der Waals surface area contributed by atoms with Crippen molar-refractivity contribution in [2.24, 2.45) is 5.92 Å². The molecule has 0 spiro atoms. The summed E-state index contributed by atoms with van der Waals surface area (Å²) in [4.78, 5) is 7.96.